The number of benzene rings is 1. The highest BCUT2D eigenvalue weighted by molar-refractivity contribution is 5.92. The zero-order chi connectivity index (χ0) is 18.8. The molecule has 2 aromatic rings. The summed E-state index contributed by atoms with van der Waals surface area (Å²) in [6, 6.07) is 6.46. The molecule has 2 aliphatic rings. The number of nitrogens with zero attached hydrogens (tertiary/aromatic N) is 3. The van der Waals surface area contributed by atoms with E-state index in [1.165, 1.54) is 12.8 Å². The molecule has 1 aliphatic carbocycles. The van der Waals surface area contributed by atoms with Crippen molar-refractivity contribution >= 4 is 11.6 Å². The number of hydrogen-bond acceptors (Lipinski definition) is 5. The van der Waals surface area contributed by atoms with Gasteiger partial charge in [0.2, 0.25) is 12.7 Å². The highest BCUT2D eigenvalue weighted by Crippen LogP contribution is 2.33. The first-order chi connectivity index (χ1) is 13.1. The van der Waals surface area contributed by atoms with Gasteiger partial charge in [0.05, 0.1) is 24.1 Å². The van der Waals surface area contributed by atoms with Crippen LogP contribution in [-0.4, -0.2) is 40.0 Å². The number of amides is 1. The van der Waals surface area contributed by atoms with E-state index in [0.717, 1.165) is 47.8 Å². The Morgan fingerprint density at radius 2 is 2.07 bits per heavy atom. The maximum atomic E-state index is 12.7. The maximum absolute atomic E-state index is 12.7. The largest absolute Gasteiger partial charge is 0.454 e. The fourth-order valence-electron chi connectivity index (χ4n) is 3.85. The summed E-state index contributed by atoms with van der Waals surface area (Å²) in [6.45, 7) is 3.32. The number of anilines is 1. The number of carbonyl (C=O) groups is 1. The lowest BCUT2D eigenvalue weighted by atomic mass is 10.1. The van der Waals surface area contributed by atoms with Crippen molar-refractivity contribution in [1.82, 2.24) is 14.7 Å². The molecule has 1 aliphatic heterocycles. The minimum absolute atomic E-state index is 0.00116. The molecule has 7 heteroatoms. The van der Waals surface area contributed by atoms with Crippen LogP contribution in [0.1, 0.15) is 36.9 Å². The summed E-state index contributed by atoms with van der Waals surface area (Å²) in [5.41, 5.74) is 2.86. The fourth-order valence-corrected chi connectivity index (χ4v) is 3.85. The van der Waals surface area contributed by atoms with Gasteiger partial charge in [0.25, 0.3) is 0 Å². The number of rotatable bonds is 6. The van der Waals surface area contributed by atoms with Crippen LogP contribution < -0.4 is 14.8 Å². The first-order valence-corrected chi connectivity index (χ1v) is 9.51. The first-order valence-electron chi connectivity index (χ1n) is 9.51. The SMILES string of the molecule is Cc1c(NC(=O)CN(Cc2ccc3c(c2)OCO3)C2CCCC2)cnn1C. The lowest BCUT2D eigenvalue weighted by Crippen LogP contribution is -2.39. The average Bonchev–Trinajstić information content (AvgIpc) is 3.39. The van der Waals surface area contributed by atoms with Crippen LogP contribution in [0.25, 0.3) is 0 Å². The second kappa shape index (κ2) is 7.60. The normalized spacial score (nSPS) is 16.3. The van der Waals surface area contributed by atoms with Gasteiger partial charge in [-0.15, -0.1) is 0 Å². The number of carbonyl (C=O) groups excluding carboxylic acids is 1. The highest BCUT2D eigenvalue weighted by Gasteiger charge is 2.25. The van der Waals surface area contributed by atoms with Gasteiger partial charge in [0, 0.05) is 19.6 Å². The Labute approximate surface area is 159 Å². The minimum Gasteiger partial charge on any atom is -0.454 e. The van der Waals surface area contributed by atoms with Crippen LogP contribution in [0.15, 0.2) is 24.4 Å². The quantitative estimate of drug-likeness (QED) is 0.847. The number of hydrogen-bond donors (Lipinski definition) is 1. The molecule has 0 spiro atoms. The third kappa shape index (κ3) is 3.93. The van der Waals surface area contributed by atoms with Gasteiger partial charge in [0.15, 0.2) is 11.5 Å². The van der Waals surface area contributed by atoms with E-state index in [2.05, 4.69) is 21.4 Å². The Balaban J connectivity index is 1.45. The molecule has 1 aromatic heterocycles. The van der Waals surface area contributed by atoms with Gasteiger partial charge < -0.3 is 14.8 Å². The fraction of sp³-hybridized carbons (Fsp3) is 0.500. The second-order valence-corrected chi connectivity index (χ2v) is 7.35. The van der Waals surface area contributed by atoms with Gasteiger partial charge in [-0.2, -0.15) is 5.10 Å². The van der Waals surface area contributed by atoms with Crippen molar-refractivity contribution in [2.24, 2.45) is 7.05 Å². The van der Waals surface area contributed by atoms with Gasteiger partial charge in [-0.1, -0.05) is 18.9 Å². The van der Waals surface area contributed by atoms with Crippen molar-refractivity contribution in [3.05, 3.63) is 35.7 Å². The molecule has 1 amide bonds. The molecule has 2 heterocycles. The van der Waals surface area contributed by atoms with Crippen LogP contribution in [0.5, 0.6) is 11.5 Å². The molecule has 0 saturated heterocycles. The molecule has 1 N–H and O–H groups in total. The summed E-state index contributed by atoms with van der Waals surface area (Å²) in [5, 5.41) is 7.19. The number of aromatic nitrogens is 2. The summed E-state index contributed by atoms with van der Waals surface area (Å²) in [6.07, 6.45) is 6.44. The predicted molar refractivity (Wildman–Crippen MR) is 102 cm³/mol. The summed E-state index contributed by atoms with van der Waals surface area (Å²) in [5.74, 6) is 1.57. The van der Waals surface area contributed by atoms with Gasteiger partial charge >= 0.3 is 0 Å². The second-order valence-electron chi connectivity index (χ2n) is 7.35. The Morgan fingerprint density at radius 3 is 2.81 bits per heavy atom. The molecule has 1 aromatic carbocycles. The zero-order valence-electron chi connectivity index (χ0n) is 15.9. The van der Waals surface area contributed by atoms with E-state index >= 15 is 0 Å². The Kier molecular flexibility index (Phi) is 5.03. The molecule has 0 unspecified atom stereocenters. The number of fused-ring (bicyclic) bond motifs is 1. The maximum Gasteiger partial charge on any atom is 0.238 e. The smallest absolute Gasteiger partial charge is 0.238 e. The first kappa shape index (κ1) is 17.9. The predicted octanol–water partition coefficient (Wildman–Crippen LogP) is 2.84. The standard InChI is InChI=1S/C20H26N4O3/c1-14-17(10-21-23(14)2)22-20(25)12-24(16-5-3-4-6-16)11-15-7-8-18-19(9-15)27-13-26-18/h7-10,16H,3-6,11-13H2,1-2H3,(H,22,25). The molecule has 0 atom stereocenters. The van der Waals surface area contributed by atoms with Crippen molar-refractivity contribution in [3.8, 4) is 11.5 Å². The van der Waals surface area contributed by atoms with Gasteiger partial charge in [-0.3, -0.25) is 14.4 Å². The van der Waals surface area contributed by atoms with Crippen LogP contribution >= 0.6 is 0 Å². The number of nitrogens with one attached hydrogen (secondary N) is 1. The van der Waals surface area contributed by atoms with E-state index in [9.17, 15) is 4.79 Å². The van der Waals surface area contributed by atoms with Crippen molar-refractivity contribution in [2.45, 2.75) is 45.2 Å². The topological polar surface area (TPSA) is 68.6 Å². The summed E-state index contributed by atoms with van der Waals surface area (Å²) in [7, 11) is 1.87. The average molecular weight is 370 g/mol. The summed E-state index contributed by atoms with van der Waals surface area (Å²) in [4.78, 5) is 15.0. The van der Waals surface area contributed by atoms with Crippen molar-refractivity contribution in [1.29, 1.82) is 0 Å². The molecule has 0 radical (unpaired) electrons. The number of ether oxygens (including phenoxy) is 2. The van der Waals surface area contributed by atoms with E-state index in [1.807, 2.05) is 26.1 Å². The van der Waals surface area contributed by atoms with Gasteiger partial charge in [-0.25, -0.2) is 0 Å². The lowest BCUT2D eigenvalue weighted by Gasteiger charge is -2.28. The van der Waals surface area contributed by atoms with Gasteiger partial charge in [-0.05, 0) is 37.5 Å². The van der Waals surface area contributed by atoms with Crippen LogP contribution in [0.2, 0.25) is 0 Å². The molecule has 144 valence electrons. The van der Waals surface area contributed by atoms with E-state index in [-0.39, 0.29) is 12.7 Å². The monoisotopic (exact) mass is 370 g/mol. The van der Waals surface area contributed by atoms with Gasteiger partial charge in [0.1, 0.15) is 0 Å². The Hall–Kier alpha value is -2.54. The summed E-state index contributed by atoms with van der Waals surface area (Å²) < 4.78 is 12.6. The van der Waals surface area contributed by atoms with Crippen LogP contribution in [-0.2, 0) is 18.4 Å². The molecule has 1 saturated carbocycles. The third-order valence-electron chi connectivity index (χ3n) is 5.52. The van der Waals surface area contributed by atoms with E-state index in [1.54, 1.807) is 10.9 Å². The minimum atomic E-state index is -0.00116. The van der Waals surface area contributed by atoms with Crippen LogP contribution in [0, 0.1) is 6.92 Å². The molecular formula is C20H26N4O3. The van der Waals surface area contributed by atoms with E-state index < -0.39 is 0 Å². The highest BCUT2D eigenvalue weighted by atomic mass is 16.7. The third-order valence-corrected chi connectivity index (χ3v) is 5.52. The van der Waals surface area contributed by atoms with E-state index in [0.29, 0.717) is 12.6 Å². The Bertz CT molecular complexity index is 827. The summed E-state index contributed by atoms with van der Waals surface area (Å²) >= 11 is 0. The Morgan fingerprint density at radius 1 is 1.30 bits per heavy atom. The zero-order valence-corrected chi connectivity index (χ0v) is 15.9. The van der Waals surface area contributed by atoms with Crippen molar-refractivity contribution in [3.63, 3.8) is 0 Å². The van der Waals surface area contributed by atoms with Crippen molar-refractivity contribution in [2.75, 3.05) is 18.7 Å². The molecular weight excluding hydrogens is 344 g/mol. The number of aryl methyl sites for hydroxylation is 1. The van der Waals surface area contributed by atoms with Crippen molar-refractivity contribution < 1.29 is 14.3 Å². The molecule has 7 nitrogen and oxygen atoms in total. The van der Waals surface area contributed by atoms with Crippen LogP contribution in [0.4, 0.5) is 5.69 Å². The molecule has 1 fully saturated rings. The lowest BCUT2D eigenvalue weighted by molar-refractivity contribution is -0.118. The molecule has 4 rings (SSSR count). The van der Waals surface area contributed by atoms with E-state index in [4.69, 9.17) is 9.47 Å². The van der Waals surface area contributed by atoms with Crippen LogP contribution in [0.3, 0.4) is 0 Å². The molecule has 27 heavy (non-hydrogen) atoms. The molecule has 0 bridgehead atoms.